The Hall–Kier alpha value is -6.33. The number of rotatable bonds is 6. The minimum atomic E-state index is -0.420. The fourth-order valence-corrected chi connectivity index (χ4v) is 8.37. The van der Waals surface area contributed by atoms with Gasteiger partial charge in [-0.1, -0.05) is 135 Å². The van der Waals surface area contributed by atoms with E-state index in [0.29, 0.717) is 23.8 Å². The third kappa shape index (κ3) is 7.10. The van der Waals surface area contributed by atoms with E-state index in [-0.39, 0.29) is 46.0 Å². The molecule has 5 nitrogen and oxygen atoms in total. The first-order valence-corrected chi connectivity index (χ1v) is 20.8. The number of para-hydroxylation sites is 3. The summed E-state index contributed by atoms with van der Waals surface area (Å²) in [7, 11) is 0. The predicted octanol–water partition coefficient (Wildman–Crippen LogP) is 15.1. The highest BCUT2D eigenvalue weighted by molar-refractivity contribution is 6.09. The predicted molar refractivity (Wildman–Crippen MR) is 253 cm³/mol. The summed E-state index contributed by atoms with van der Waals surface area (Å²) in [6, 6.07) is 37.0. The Morgan fingerprint density at radius 1 is 0.600 bits per heavy atom. The van der Waals surface area contributed by atoms with E-state index < -0.39 is 6.04 Å². The van der Waals surface area contributed by atoms with Gasteiger partial charge in [0.15, 0.2) is 0 Å². The quantitative estimate of drug-likeness (QED) is 0.168. The molecule has 5 heteroatoms. The van der Waals surface area contributed by atoms with Crippen molar-refractivity contribution < 1.29 is 11.6 Å². The van der Waals surface area contributed by atoms with E-state index in [4.69, 9.17) is 16.6 Å². The number of hydrogen-bond donors (Lipinski definition) is 0. The van der Waals surface area contributed by atoms with Gasteiger partial charge < -0.3 is 14.5 Å². The van der Waals surface area contributed by atoms with Crippen LogP contribution in [0.2, 0.25) is 0 Å². The molecule has 2 aromatic heterocycles. The molecule has 1 aliphatic rings. The Bertz CT molecular complexity index is 3140. The van der Waals surface area contributed by atoms with E-state index in [1.165, 1.54) is 16.8 Å². The zero-order chi connectivity index (χ0) is 46.5. The van der Waals surface area contributed by atoms with Crippen LogP contribution in [-0.2, 0) is 16.2 Å². The first kappa shape index (κ1) is 33.5. The summed E-state index contributed by atoms with van der Waals surface area (Å²) in [6.07, 6.45) is 1.61. The number of aryl methyl sites for hydroxylation is 1. The molecule has 0 N–H and O–H groups in total. The van der Waals surface area contributed by atoms with Crippen LogP contribution in [0.4, 0.5) is 22.7 Å². The number of ether oxygens (including phenoxy) is 1. The van der Waals surface area contributed by atoms with Gasteiger partial charge in [-0.3, -0.25) is 4.57 Å². The van der Waals surface area contributed by atoms with Crippen LogP contribution in [0.15, 0.2) is 146 Å². The van der Waals surface area contributed by atoms with Crippen molar-refractivity contribution in [2.45, 2.75) is 85.5 Å². The van der Waals surface area contributed by atoms with Gasteiger partial charge in [0.2, 0.25) is 0 Å². The Morgan fingerprint density at radius 2 is 1.23 bits per heavy atom. The van der Waals surface area contributed by atoms with Gasteiger partial charge in [0.1, 0.15) is 24.0 Å². The molecular formula is C55H56N4O. The highest BCUT2D eigenvalue weighted by Gasteiger charge is 2.31. The molecule has 0 saturated carbocycles. The van der Waals surface area contributed by atoms with E-state index in [1.807, 2.05) is 31.2 Å². The zero-order valence-electron chi connectivity index (χ0n) is 41.4. The molecule has 8 aromatic rings. The van der Waals surface area contributed by atoms with Crippen molar-refractivity contribution in [1.82, 2.24) is 9.55 Å². The largest absolute Gasteiger partial charge is 0.457 e. The summed E-state index contributed by atoms with van der Waals surface area (Å²) < 4.78 is 51.0. The summed E-state index contributed by atoms with van der Waals surface area (Å²) in [5.74, 6) is 2.09. The fraction of sp³-hybridized carbons (Fsp3) is 0.255. The van der Waals surface area contributed by atoms with Crippen LogP contribution in [-0.4, -0.2) is 16.2 Å². The monoisotopic (exact) mass is 793 g/mol. The van der Waals surface area contributed by atoms with E-state index in [9.17, 15) is 0 Å². The number of benzene rings is 6. The molecule has 0 saturated heterocycles. The molecule has 9 rings (SSSR count). The van der Waals surface area contributed by atoms with Gasteiger partial charge in [0.05, 0.1) is 29.3 Å². The zero-order valence-corrected chi connectivity index (χ0v) is 36.4. The molecule has 60 heavy (non-hydrogen) atoms. The van der Waals surface area contributed by atoms with Gasteiger partial charge >= 0.3 is 0 Å². The first-order valence-electron chi connectivity index (χ1n) is 23.3. The number of anilines is 4. The second-order valence-electron chi connectivity index (χ2n) is 19.2. The topological polar surface area (TPSA) is 33.5 Å². The lowest BCUT2D eigenvalue weighted by molar-refractivity contribution is 0.456. The van der Waals surface area contributed by atoms with Gasteiger partial charge in [0.25, 0.3) is 0 Å². The molecule has 6 aromatic carbocycles. The van der Waals surface area contributed by atoms with Crippen molar-refractivity contribution >= 4 is 44.6 Å². The van der Waals surface area contributed by atoms with Crippen molar-refractivity contribution in [1.29, 1.82) is 0 Å². The van der Waals surface area contributed by atoms with Crippen LogP contribution in [0.25, 0.3) is 38.8 Å². The van der Waals surface area contributed by atoms with E-state index in [2.05, 4.69) is 162 Å². The molecule has 302 valence electrons. The van der Waals surface area contributed by atoms with Crippen molar-refractivity contribution in [3.05, 3.63) is 168 Å². The maximum Gasteiger partial charge on any atom is 0.137 e. The summed E-state index contributed by atoms with van der Waals surface area (Å²) in [6.45, 7) is 22.8. The van der Waals surface area contributed by atoms with Crippen molar-refractivity contribution in [2.24, 2.45) is 0 Å². The van der Waals surface area contributed by atoms with Crippen LogP contribution >= 0.6 is 0 Å². The van der Waals surface area contributed by atoms with Crippen LogP contribution < -0.4 is 14.5 Å². The third-order valence-corrected chi connectivity index (χ3v) is 11.8. The lowest BCUT2D eigenvalue weighted by Gasteiger charge is -2.29. The molecule has 0 amide bonds. The Morgan fingerprint density at radius 3 is 1.88 bits per heavy atom. The van der Waals surface area contributed by atoms with Crippen LogP contribution in [0, 0.1) is 6.92 Å². The Balaban J connectivity index is 1.13. The molecule has 0 unspecified atom stereocenters. The van der Waals surface area contributed by atoms with Gasteiger partial charge in [-0.25, -0.2) is 4.98 Å². The Kier molecular flexibility index (Phi) is 8.06. The summed E-state index contributed by atoms with van der Waals surface area (Å²) in [5.41, 5.74) is 11.2. The highest BCUT2D eigenvalue weighted by Crippen LogP contribution is 2.48. The summed E-state index contributed by atoms with van der Waals surface area (Å²) >= 11 is 0. The second kappa shape index (κ2) is 14.4. The number of aromatic nitrogens is 2. The lowest BCUT2D eigenvalue weighted by atomic mass is 9.80. The standard InChI is InChI=1S/C55H56N4O/c1-36-28-52(56-34-45(36)37-18-12-11-13-19-37)59-47-21-15-14-20-43(47)44-26-25-42(33-50(44)59)60-51-32-40(24-27-46(51)55(8,9)10)57-35-58(49-23-17-16-22-48(49)57)41-30-38(53(2,3)4)29-39(31-41)54(5,6)7/h11-34H,35H2,1-10H3/i11D,12D,13D,18D,19D. The normalized spacial score (nSPS) is 14.5. The second-order valence-corrected chi connectivity index (χ2v) is 19.2. The maximum atomic E-state index is 8.61. The third-order valence-electron chi connectivity index (χ3n) is 11.8. The van der Waals surface area contributed by atoms with Gasteiger partial charge in [-0.05, 0) is 100 Å². The van der Waals surface area contributed by atoms with Gasteiger partial charge in [-0.15, -0.1) is 0 Å². The molecule has 0 aliphatic carbocycles. The molecular weight excluding hydrogens is 733 g/mol. The van der Waals surface area contributed by atoms with Gasteiger partial charge in [0, 0.05) is 51.6 Å². The van der Waals surface area contributed by atoms with Crippen molar-refractivity contribution in [3.63, 3.8) is 0 Å². The molecule has 3 heterocycles. The molecule has 0 spiro atoms. The van der Waals surface area contributed by atoms with E-state index in [0.717, 1.165) is 55.7 Å². The van der Waals surface area contributed by atoms with Crippen LogP contribution in [0.3, 0.4) is 0 Å². The average molecular weight is 794 g/mol. The first-order chi connectivity index (χ1) is 30.6. The maximum absolute atomic E-state index is 8.61. The number of fused-ring (bicyclic) bond motifs is 4. The van der Waals surface area contributed by atoms with E-state index >= 15 is 0 Å². The molecule has 0 atom stereocenters. The number of pyridine rings is 1. The number of nitrogens with zero attached hydrogens (tertiary/aromatic N) is 4. The fourth-order valence-electron chi connectivity index (χ4n) is 8.37. The lowest BCUT2D eigenvalue weighted by Crippen LogP contribution is -2.25. The molecule has 0 bridgehead atoms. The number of hydrogen-bond acceptors (Lipinski definition) is 4. The Labute approximate surface area is 362 Å². The minimum absolute atomic E-state index is 0.0150. The van der Waals surface area contributed by atoms with Crippen molar-refractivity contribution in [2.75, 3.05) is 16.5 Å². The van der Waals surface area contributed by atoms with Crippen molar-refractivity contribution in [3.8, 4) is 28.4 Å². The molecule has 1 aliphatic heterocycles. The SMILES string of the molecule is [2H]c1c([2H])c([2H])c(-c2cnc(-n3c4ccccc4c4ccc(Oc5cc(N6CN(c7cc(C(C)(C)C)cc(C(C)(C)C)c7)c7ccccc76)ccc5C(C)(C)C)cc43)cc2C)c([2H])c1[2H]. The summed E-state index contributed by atoms with van der Waals surface area (Å²) in [4.78, 5) is 9.70. The summed E-state index contributed by atoms with van der Waals surface area (Å²) in [5, 5.41) is 2.09. The van der Waals surface area contributed by atoms with Crippen LogP contribution in [0.1, 0.15) is 91.4 Å². The molecule has 0 radical (unpaired) electrons. The molecule has 0 fully saturated rings. The van der Waals surface area contributed by atoms with E-state index in [1.54, 1.807) is 6.20 Å². The smallest absolute Gasteiger partial charge is 0.137 e. The average Bonchev–Trinajstić information content (AvgIpc) is 3.80. The van der Waals surface area contributed by atoms with Gasteiger partial charge in [-0.2, -0.15) is 0 Å². The highest BCUT2D eigenvalue weighted by atomic mass is 16.5. The van der Waals surface area contributed by atoms with Crippen LogP contribution in [0.5, 0.6) is 11.5 Å². The minimum Gasteiger partial charge on any atom is -0.457 e.